The summed E-state index contributed by atoms with van der Waals surface area (Å²) in [5.74, 6) is 0. The van der Waals surface area contributed by atoms with Gasteiger partial charge in [-0.05, 0) is 86.5 Å². The van der Waals surface area contributed by atoms with Crippen LogP contribution in [0.15, 0.2) is 273 Å². The van der Waals surface area contributed by atoms with Crippen LogP contribution < -0.4 is 20.7 Å². The zero-order valence-corrected chi connectivity index (χ0v) is 39.3. The molecule has 11 aromatic carbocycles. The van der Waals surface area contributed by atoms with Crippen LogP contribution in [0.25, 0.3) is 93.6 Å². The Morgan fingerprint density at radius 2 is 0.643 bits per heavy atom. The first kappa shape index (κ1) is 40.1. The number of hydrogen-bond acceptors (Lipinski definition) is 0. The molecule has 0 amide bonds. The van der Waals surface area contributed by atoms with Gasteiger partial charge in [-0.2, -0.15) is 0 Å². The summed E-state index contributed by atoms with van der Waals surface area (Å²) in [5.41, 5.74) is 12.8. The topological polar surface area (TPSA) is 14.8 Å². The van der Waals surface area contributed by atoms with Crippen molar-refractivity contribution >= 4 is 94.2 Å². The molecule has 0 spiro atoms. The maximum absolute atomic E-state index is 2.95. The Morgan fingerprint density at radius 3 is 1.23 bits per heavy atom. The van der Waals surface area contributed by atoms with E-state index in [1.807, 2.05) is 0 Å². The zero-order chi connectivity index (χ0) is 46.2. The Labute approximate surface area is 407 Å². The summed E-state index contributed by atoms with van der Waals surface area (Å²) in [6.07, 6.45) is 0. The molecule has 0 aliphatic heterocycles. The van der Waals surface area contributed by atoms with Crippen molar-refractivity contribution in [3.63, 3.8) is 0 Å². The van der Waals surface area contributed by atoms with Gasteiger partial charge in [0.05, 0.1) is 44.5 Å². The number of aromatic nitrogens is 3. The smallest absolute Gasteiger partial charge is 0.180 e. The zero-order valence-electron chi connectivity index (χ0n) is 38.3. The van der Waals surface area contributed by atoms with Crippen LogP contribution in [0.1, 0.15) is 0 Å². The molecule has 70 heavy (non-hydrogen) atoms. The van der Waals surface area contributed by atoms with Gasteiger partial charge in [0, 0.05) is 38.0 Å². The van der Waals surface area contributed by atoms with Crippen LogP contribution >= 0.6 is 0 Å². The van der Waals surface area contributed by atoms with Gasteiger partial charge in [-0.1, -0.05) is 218 Å². The molecule has 0 saturated carbocycles. The lowest BCUT2D eigenvalue weighted by Gasteiger charge is -2.35. The summed E-state index contributed by atoms with van der Waals surface area (Å²) in [6.45, 7) is 0. The van der Waals surface area contributed by atoms with Gasteiger partial charge in [0.2, 0.25) is 0 Å². The van der Waals surface area contributed by atoms with Crippen LogP contribution in [0.2, 0.25) is 0 Å². The van der Waals surface area contributed by atoms with Crippen molar-refractivity contribution in [2.75, 3.05) is 0 Å². The maximum atomic E-state index is 2.56. The second-order valence-electron chi connectivity index (χ2n) is 18.4. The standard InChI is InChI=1S/C66H45N3Si/c1-5-22-46(23-6-1)47-42-44-48(45-43-47)67-59-37-20-38-60(68-56-34-16-13-30-52(56)53-31-14-17-35-57(53)68)64(59)55-33-19-40-62(66(55)67)69-58-36-18-15-32-54(58)65-61(69)39-21-41-63(65)70(49-24-7-2-8-25-49,50-26-9-3-10-27-50)51-28-11-4-12-29-51/h1-45H. The van der Waals surface area contributed by atoms with E-state index in [1.165, 1.54) is 86.3 Å². The molecule has 0 fully saturated rings. The fraction of sp³-hybridized carbons (Fsp3) is 0. The predicted molar refractivity (Wildman–Crippen MR) is 299 cm³/mol. The van der Waals surface area contributed by atoms with Crippen LogP contribution in [0.5, 0.6) is 0 Å². The monoisotopic (exact) mass is 907 g/mol. The summed E-state index contributed by atoms with van der Waals surface area (Å²) in [7, 11) is -2.95. The highest BCUT2D eigenvalue weighted by Gasteiger charge is 2.43. The SMILES string of the molecule is c1ccc(-c2ccc(-n3c4cccc(-n5c6ccccc6c6ccccc65)c4c4cccc(-n5c6ccccc6c6c([Si](c7ccccc7)(c7ccccc7)c7ccccc7)cccc65)c43)cc2)cc1. The van der Waals surface area contributed by atoms with Crippen LogP contribution in [0.3, 0.4) is 0 Å². The van der Waals surface area contributed by atoms with Gasteiger partial charge < -0.3 is 13.7 Å². The molecule has 328 valence electrons. The first-order valence-corrected chi connectivity index (χ1v) is 26.2. The van der Waals surface area contributed by atoms with Crippen LogP contribution in [0, 0.1) is 0 Å². The lowest BCUT2D eigenvalue weighted by molar-refractivity contribution is 1.13. The molecule has 0 unspecified atom stereocenters. The largest absolute Gasteiger partial charge is 0.309 e. The molecule has 4 heteroatoms. The van der Waals surface area contributed by atoms with Gasteiger partial charge in [-0.25, -0.2) is 0 Å². The summed E-state index contributed by atoms with van der Waals surface area (Å²) < 4.78 is 7.56. The third-order valence-corrected chi connectivity index (χ3v) is 19.6. The Hall–Kier alpha value is -8.96. The molecular formula is C66H45N3Si. The van der Waals surface area contributed by atoms with E-state index in [2.05, 4.69) is 287 Å². The van der Waals surface area contributed by atoms with E-state index in [0.717, 1.165) is 28.1 Å². The predicted octanol–water partition coefficient (Wildman–Crippen LogP) is 14.0. The Morgan fingerprint density at radius 1 is 0.243 bits per heavy atom. The molecule has 0 radical (unpaired) electrons. The third-order valence-electron chi connectivity index (χ3n) is 14.8. The molecule has 3 heterocycles. The van der Waals surface area contributed by atoms with E-state index in [4.69, 9.17) is 0 Å². The normalized spacial score (nSPS) is 12.0. The molecule has 0 aliphatic rings. The third kappa shape index (κ3) is 5.87. The minimum atomic E-state index is -2.95. The van der Waals surface area contributed by atoms with Crippen molar-refractivity contribution in [2.45, 2.75) is 0 Å². The lowest BCUT2D eigenvalue weighted by atomic mass is 10.1. The average molecular weight is 908 g/mol. The van der Waals surface area contributed by atoms with Crippen molar-refractivity contribution in [3.8, 4) is 28.2 Å². The minimum absolute atomic E-state index is 1.11. The van der Waals surface area contributed by atoms with E-state index in [9.17, 15) is 0 Å². The fourth-order valence-corrected chi connectivity index (χ4v) is 16.9. The van der Waals surface area contributed by atoms with Crippen molar-refractivity contribution < 1.29 is 0 Å². The van der Waals surface area contributed by atoms with E-state index in [1.54, 1.807) is 0 Å². The molecule has 0 bridgehead atoms. The molecule has 0 atom stereocenters. The van der Waals surface area contributed by atoms with Crippen molar-refractivity contribution in [1.82, 2.24) is 13.7 Å². The summed E-state index contributed by atoms with van der Waals surface area (Å²) in [6, 6.07) is 101. The number of para-hydroxylation sites is 4. The Kier molecular flexibility index (Phi) is 9.23. The summed E-state index contributed by atoms with van der Waals surface area (Å²) in [4.78, 5) is 0. The number of fused-ring (bicyclic) bond motifs is 9. The quantitative estimate of drug-likeness (QED) is 0.107. The molecule has 14 aromatic rings. The highest BCUT2D eigenvalue weighted by molar-refractivity contribution is 7.20. The number of hydrogen-bond donors (Lipinski definition) is 0. The molecule has 0 aliphatic carbocycles. The number of nitrogens with zero attached hydrogens (tertiary/aromatic N) is 3. The summed E-state index contributed by atoms with van der Waals surface area (Å²) >= 11 is 0. The van der Waals surface area contributed by atoms with E-state index < -0.39 is 8.07 Å². The van der Waals surface area contributed by atoms with Gasteiger partial charge in [0.15, 0.2) is 8.07 Å². The van der Waals surface area contributed by atoms with Gasteiger partial charge in [-0.15, -0.1) is 0 Å². The van der Waals surface area contributed by atoms with Gasteiger partial charge in [-0.3, -0.25) is 0 Å². The van der Waals surface area contributed by atoms with E-state index in [0.29, 0.717) is 0 Å². The van der Waals surface area contributed by atoms with Gasteiger partial charge >= 0.3 is 0 Å². The number of rotatable bonds is 8. The first-order valence-electron chi connectivity index (χ1n) is 24.2. The molecule has 14 rings (SSSR count). The molecule has 3 aromatic heterocycles. The molecule has 0 N–H and O–H groups in total. The molecular weight excluding hydrogens is 863 g/mol. The van der Waals surface area contributed by atoms with Crippen molar-refractivity contribution in [1.29, 1.82) is 0 Å². The second-order valence-corrected chi connectivity index (χ2v) is 22.1. The van der Waals surface area contributed by atoms with Crippen molar-refractivity contribution in [3.05, 3.63) is 273 Å². The fourth-order valence-electron chi connectivity index (χ4n) is 12.0. The van der Waals surface area contributed by atoms with Crippen LogP contribution in [-0.2, 0) is 0 Å². The number of benzene rings is 11. The minimum Gasteiger partial charge on any atom is -0.309 e. The van der Waals surface area contributed by atoms with Gasteiger partial charge in [0.25, 0.3) is 0 Å². The second kappa shape index (κ2) is 16.1. The Balaban J connectivity index is 1.12. The first-order chi connectivity index (χ1) is 34.8. The van der Waals surface area contributed by atoms with Gasteiger partial charge in [0.1, 0.15) is 0 Å². The molecule has 3 nitrogen and oxygen atoms in total. The lowest BCUT2D eigenvalue weighted by Crippen LogP contribution is -2.74. The average Bonchev–Trinajstić information content (AvgIpc) is 4.09. The molecule has 0 saturated heterocycles. The Bertz CT molecular complexity index is 4110. The highest BCUT2D eigenvalue weighted by Crippen LogP contribution is 2.43. The maximum Gasteiger partial charge on any atom is 0.180 e. The van der Waals surface area contributed by atoms with Crippen molar-refractivity contribution in [2.24, 2.45) is 0 Å². The van der Waals surface area contributed by atoms with E-state index >= 15 is 0 Å². The highest BCUT2D eigenvalue weighted by atomic mass is 28.3. The van der Waals surface area contributed by atoms with E-state index in [-0.39, 0.29) is 0 Å². The van der Waals surface area contributed by atoms with Crippen LogP contribution in [-0.4, -0.2) is 21.8 Å². The van der Waals surface area contributed by atoms with Crippen LogP contribution in [0.4, 0.5) is 0 Å². The summed E-state index contributed by atoms with van der Waals surface area (Å²) in [5, 5.41) is 12.9.